The van der Waals surface area contributed by atoms with Crippen molar-refractivity contribution in [1.82, 2.24) is 14.9 Å². The van der Waals surface area contributed by atoms with Gasteiger partial charge >= 0.3 is 0 Å². The zero-order valence-corrected chi connectivity index (χ0v) is 13.8. The summed E-state index contributed by atoms with van der Waals surface area (Å²) in [7, 11) is 0. The van der Waals surface area contributed by atoms with Gasteiger partial charge in [0.15, 0.2) is 0 Å². The molecule has 1 unspecified atom stereocenters. The van der Waals surface area contributed by atoms with Crippen LogP contribution in [-0.4, -0.2) is 22.6 Å². The summed E-state index contributed by atoms with van der Waals surface area (Å²) in [6.45, 7) is 3.08. The Labute approximate surface area is 138 Å². The van der Waals surface area contributed by atoms with Crippen molar-refractivity contribution in [2.45, 2.75) is 25.3 Å². The number of rotatable bonds is 3. The maximum atomic E-state index is 6.09. The predicted octanol–water partition coefficient (Wildman–Crippen LogP) is 4.27. The Morgan fingerprint density at radius 3 is 3.09 bits per heavy atom. The number of halogens is 1. The summed E-state index contributed by atoms with van der Waals surface area (Å²) in [6.07, 6.45) is 6.35. The fraction of sp³-hybridized carbons (Fsp3) is 0.353. The lowest BCUT2D eigenvalue weighted by Gasteiger charge is -2.24. The molecule has 1 aliphatic rings. The lowest BCUT2D eigenvalue weighted by molar-refractivity contribution is 0.445. The highest BCUT2D eigenvalue weighted by molar-refractivity contribution is 7.16. The van der Waals surface area contributed by atoms with Crippen molar-refractivity contribution in [3.05, 3.63) is 51.6 Å². The summed E-state index contributed by atoms with van der Waals surface area (Å²) in [5, 5.41) is 4.80. The number of hydrogen-bond donors (Lipinski definition) is 1. The third-order valence-corrected chi connectivity index (χ3v) is 5.61. The molecule has 1 aliphatic heterocycles. The van der Waals surface area contributed by atoms with E-state index in [9.17, 15) is 0 Å². The maximum absolute atomic E-state index is 6.09. The van der Waals surface area contributed by atoms with Crippen LogP contribution in [0.1, 0.15) is 29.3 Å². The molecule has 3 aromatic heterocycles. The molecule has 4 rings (SSSR count). The van der Waals surface area contributed by atoms with Crippen LogP contribution in [0.2, 0.25) is 4.34 Å². The predicted molar refractivity (Wildman–Crippen MR) is 93.0 cm³/mol. The minimum Gasteiger partial charge on any atom is -0.338 e. The maximum Gasteiger partial charge on any atom is 0.0931 e. The highest BCUT2D eigenvalue weighted by atomic mass is 35.5. The van der Waals surface area contributed by atoms with Crippen molar-refractivity contribution < 1.29 is 0 Å². The van der Waals surface area contributed by atoms with E-state index in [0.717, 1.165) is 24.0 Å². The van der Waals surface area contributed by atoms with Crippen LogP contribution < -0.4 is 5.32 Å². The van der Waals surface area contributed by atoms with Crippen LogP contribution in [-0.2, 0) is 6.54 Å². The lowest BCUT2D eigenvalue weighted by Crippen LogP contribution is -2.29. The van der Waals surface area contributed by atoms with Crippen LogP contribution in [0.5, 0.6) is 0 Å². The van der Waals surface area contributed by atoms with Gasteiger partial charge in [-0.25, -0.2) is 0 Å². The van der Waals surface area contributed by atoms with E-state index >= 15 is 0 Å². The van der Waals surface area contributed by atoms with Crippen LogP contribution in [0.15, 0.2) is 36.7 Å². The van der Waals surface area contributed by atoms with E-state index < -0.39 is 0 Å². The Balaban J connectivity index is 1.78. The van der Waals surface area contributed by atoms with Gasteiger partial charge in [0.05, 0.1) is 22.6 Å². The van der Waals surface area contributed by atoms with E-state index in [0.29, 0.717) is 5.92 Å². The molecule has 3 aromatic rings. The van der Waals surface area contributed by atoms with Crippen molar-refractivity contribution in [1.29, 1.82) is 0 Å². The summed E-state index contributed by atoms with van der Waals surface area (Å²) in [5.74, 6) is 0.580. The fourth-order valence-electron chi connectivity index (χ4n) is 3.33. The van der Waals surface area contributed by atoms with E-state index in [1.807, 2.05) is 18.5 Å². The van der Waals surface area contributed by atoms with Gasteiger partial charge in [0.25, 0.3) is 0 Å². The summed E-state index contributed by atoms with van der Waals surface area (Å²) in [6, 6.07) is 8.54. The van der Waals surface area contributed by atoms with Gasteiger partial charge in [-0.3, -0.25) is 4.98 Å². The second-order valence-electron chi connectivity index (χ2n) is 5.84. The molecule has 1 saturated heterocycles. The quantitative estimate of drug-likeness (QED) is 0.777. The van der Waals surface area contributed by atoms with Crippen molar-refractivity contribution in [3.63, 3.8) is 0 Å². The van der Waals surface area contributed by atoms with E-state index in [1.54, 1.807) is 11.3 Å². The molecule has 3 nitrogen and oxygen atoms in total. The Morgan fingerprint density at radius 2 is 2.32 bits per heavy atom. The first-order valence-corrected chi connectivity index (χ1v) is 8.89. The molecule has 1 atom stereocenters. The molecular weight excluding hydrogens is 314 g/mol. The van der Waals surface area contributed by atoms with Crippen LogP contribution >= 0.6 is 22.9 Å². The molecule has 1 N–H and O–H groups in total. The number of nitrogens with zero attached hydrogens (tertiary/aromatic N) is 2. The summed E-state index contributed by atoms with van der Waals surface area (Å²) in [5.41, 5.74) is 2.63. The molecule has 0 amide bonds. The Morgan fingerprint density at radius 1 is 1.36 bits per heavy atom. The minimum absolute atomic E-state index is 0.580. The monoisotopic (exact) mass is 331 g/mol. The second kappa shape index (κ2) is 6.03. The van der Waals surface area contributed by atoms with E-state index in [4.69, 9.17) is 11.6 Å². The molecule has 0 aliphatic carbocycles. The number of hydrogen-bond acceptors (Lipinski definition) is 3. The molecule has 0 spiro atoms. The minimum atomic E-state index is 0.580. The van der Waals surface area contributed by atoms with Gasteiger partial charge in [0.1, 0.15) is 0 Å². The standard InChI is InChI=1S/C17H18ClN3S/c18-17-4-3-14(22-17)11-21-15(13-2-1-6-19-9-13)8-12-5-7-20-10-16(12)21/h3-5,7-8,10,13,19H,1-2,6,9,11H2. The molecule has 0 radical (unpaired) electrons. The van der Waals surface area contributed by atoms with Gasteiger partial charge in [-0.15, -0.1) is 11.3 Å². The van der Waals surface area contributed by atoms with Crippen LogP contribution in [0.25, 0.3) is 10.9 Å². The zero-order valence-electron chi connectivity index (χ0n) is 12.3. The van der Waals surface area contributed by atoms with Gasteiger partial charge in [-0.1, -0.05) is 11.6 Å². The second-order valence-corrected chi connectivity index (χ2v) is 7.64. The van der Waals surface area contributed by atoms with Gasteiger partial charge in [0, 0.05) is 34.6 Å². The highest BCUT2D eigenvalue weighted by Gasteiger charge is 2.21. The molecular formula is C17H18ClN3S. The third kappa shape index (κ3) is 2.67. The smallest absolute Gasteiger partial charge is 0.0931 e. The first-order valence-electron chi connectivity index (χ1n) is 7.69. The molecule has 1 fully saturated rings. The summed E-state index contributed by atoms with van der Waals surface area (Å²) < 4.78 is 3.27. The highest BCUT2D eigenvalue weighted by Crippen LogP contribution is 2.31. The molecule has 114 valence electrons. The average molecular weight is 332 g/mol. The summed E-state index contributed by atoms with van der Waals surface area (Å²) in [4.78, 5) is 5.61. The fourth-order valence-corrected chi connectivity index (χ4v) is 4.41. The number of fused-ring (bicyclic) bond motifs is 1. The average Bonchev–Trinajstić information content (AvgIpc) is 3.13. The van der Waals surface area contributed by atoms with E-state index in [1.165, 1.54) is 34.3 Å². The van der Waals surface area contributed by atoms with E-state index in [2.05, 4.69) is 33.1 Å². The largest absolute Gasteiger partial charge is 0.338 e. The topological polar surface area (TPSA) is 29.9 Å². The van der Waals surface area contributed by atoms with Gasteiger partial charge in [-0.2, -0.15) is 0 Å². The number of thiophene rings is 1. The Kier molecular flexibility index (Phi) is 3.90. The van der Waals surface area contributed by atoms with Gasteiger partial charge < -0.3 is 9.88 Å². The zero-order chi connectivity index (χ0) is 14.9. The number of aromatic nitrogens is 2. The number of pyridine rings is 1. The van der Waals surface area contributed by atoms with Crippen molar-refractivity contribution in [2.24, 2.45) is 0 Å². The Hall–Kier alpha value is -1.36. The van der Waals surface area contributed by atoms with Crippen molar-refractivity contribution >= 4 is 33.8 Å². The van der Waals surface area contributed by atoms with Crippen molar-refractivity contribution in [2.75, 3.05) is 13.1 Å². The molecule has 22 heavy (non-hydrogen) atoms. The van der Waals surface area contributed by atoms with Crippen LogP contribution in [0.3, 0.4) is 0 Å². The number of piperidine rings is 1. The molecule has 5 heteroatoms. The Bertz CT molecular complexity index is 786. The first-order chi connectivity index (χ1) is 10.8. The summed E-state index contributed by atoms with van der Waals surface area (Å²) >= 11 is 7.75. The third-order valence-electron chi connectivity index (χ3n) is 4.40. The first kappa shape index (κ1) is 14.2. The van der Waals surface area contributed by atoms with Crippen LogP contribution in [0.4, 0.5) is 0 Å². The van der Waals surface area contributed by atoms with Crippen molar-refractivity contribution in [3.8, 4) is 0 Å². The molecule has 0 aromatic carbocycles. The van der Waals surface area contributed by atoms with E-state index in [-0.39, 0.29) is 0 Å². The molecule has 0 bridgehead atoms. The SMILES string of the molecule is Clc1ccc(Cn2c(C3CCCNC3)cc3ccncc32)s1. The molecule has 4 heterocycles. The van der Waals surface area contributed by atoms with Gasteiger partial charge in [0.2, 0.25) is 0 Å². The normalized spacial score (nSPS) is 18.9. The van der Waals surface area contributed by atoms with Crippen LogP contribution in [0, 0.1) is 0 Å². The molecule has 0 saturated carbocycles. The van der Waals surface area contributed by atoms with Gasteiger partial charge in [-0.05, 0) is 43.7 Å². The lowest BCUT2D eigenvalue weighted by atomic mass is 9.96. The number of nitrogens with one attached hydrogen (secondary N) is 1.